The summed E-state index contributed by atoms with van der Waals surface area (Å²) in [5, 5.41) is 0.0358. The molecule has 0 N–H and O–H groups in total. The topological polar surface area (TPSA) is 43.6 Å². The number of alkyl halides is 3. The van der Waals surface area contributed by atoms with E-state index in [2.05, 4.69) is 14.5 Å². The van der Waals surface area contributed by atoms with Crippen molar-refractivity contribution in [3.8, 4) is 11.3 Å². The molecule has 0 spiro atoms. The Bertz CT molecular complexity index is 1070. The number of aromatic nitrogens is 4. The quantitative estimate of drug-likeness (QED) is 0.501. The van der Waals surface area contributed by atoms with Crippen molar-refractivity contribution < 1.29 is 13.2 Å². The lowest BCUT2D eigenvalue weighted by molar-refractivity contribution is -0.137. The van der Waals surface area contributed by atoms with Crippen LogP contribution in [-0.4, -0.2) is 19.5 Å². The first kappa shape index (κ1) is 18.9. The fourth-order valence-corrected chi connectivity index (χ4v) is 4.53. The molecule has 3 aromatic rings. The van der Waals surface area contributed by atoms with Gasteiger partial charge in [-0.05, 0) is 49.7 Å². The smallest absolute Gasteiger partial charge is 0.309 e. The fourth-order valence-electron chi connectivity index (χ4n) is 4.35. The molecule has 8 heteroatoms. The first-order valence-corrected chi connectivity index (χ1v) is 10.3. The Hall–Kier alpha value is -2.15. The van der Waals surface area contributed by atoms with E-state index in [0.717, 1.165) is 11.9 Å². The summed E-state index contributed by atoms with van der Waals surface area (Å²) >= 11 is 5.85. The van der Waals surface area contributed by atoms with Gasteiger partial charge in [-0.25, -0.2) is 15.0 Å². The van der Waals surface area contributed by atoms with Crippen LogP contribution in [0.2, 0.25) is 5.02 Å². The third-order valence-electron chi connectivity index (χ3n) is 5.92. The summed E-state index contributed by atoms with van der Waals surface area (Å²) in [5.41, 5.74) is 0.453. The summed E-state index contributed by atoms with van der Waals surface area (Å²) in [6.45, 7) is 2.02. The molecule has 2 saturated carbocycles. The lowest BCUT2D eigenvalue weighted by Gasteiger charge is -2.20. The first-order chi connectivity index (χ1) is 13.9. The highest BCUT2D eigenvalue weighted by Crippen LogP contribution is 2.53. The molecule has 29 heavy (non-hydrogen) atoms. The summed E-state index contributed by atoms with van der Waals surface area (Å²) in [6.07, 6.45) is 2.26. The van der Waals surface area contributed by atoms with E-state index in [4.69, 9.17) is 16.6 Å². The van der Waals surface area contributed by atoms with E-state index in [1.807, 2.05) is 6.92 Å². The van der Waals surface area contributed by atoms with Gasteiger partial charge in [-0.1, -0.05) is 24.6 Å². The molecule has 0 atom stereocenters. The zero-order valence-corrected chi connectivity index (χ0v) is 16.6. The number of hydrogen-bond acceptors (Lipinski definition) is 3. The molecule has 0 saturated heterocycles. The van der Waals surface area contributed by atoms with Crippen LogP contribution in [0.25, 0.3) is 22.4 Å². The standard InChI is InChI=1S/C21H20ClF3N4/c1-2-16-28-18-17(14-8-7-13(22)9-15(14)21(23,24)25)26-10-27-20(18)29(16)19(11-3-4-11)12-5-6-12/h7-12,19H,2-6H2,1H3. The molecule has 0 radical (unpaired) electrons. The number of aryl methyl sites for hydroxylation is 1. The minimum absolute atomic E-state index is 0.0176. The third-order valence-corrected chi connectivity index (χ3v) is 6.15. The van der Waals surface area contributed by atoms with Gasteiger partial charge in [-0.15, -0.1) is 0 Å². The fraction of sp³-hybridized carbons (Fsp3) is 0.476. The number of nitrogens with zero attached hydrogens (tertiary/aromatic N) is 4. The van der Waals surface area contributed by atoms with E-state index in [-0.39, 0.29) is 16.3 Å². The maximum Gasteiger partial charge on any atom is 0.417 e. The Morgan fingerprint density at radius 1 is 1.14 bits per heavy atom. The van der Waals surface area contributed by atoms with Crippen LogP contribution in [0, 0.1) is 11.8 Å². The molecule has 0 amide bonds. The third kappa shape index (κ3) is 3.29. The van der Waals surface area contributed by atoms with Crippen LogP contribution < -0.4 is 0 Å². The molecule has 0 bridgehead atoms. The molecule has 5 rings (SSSR count). The van der Waals surface area contributed by atoms with Gasteiger partial charge >= 0.3 is 6.18 Å². The molecule has 1 aromatic carbocycles. The zero-order chi connectivity index (χ0) is 20.3. The van der Waals surface area contributed by atoms with Crippen LogP contribution in [-0.2, 0) is 12.6 Å². The highest BCUT2D eigenvalue weighted by Gasteiger charge is 2.44. The van der Waals surface area contributed by atoms with Crippen molar-refractivity contribution in [2.45, 2.75) is 51.2 Å². The van der Waals surface area contributed by atoms with Crippen LogP contribution >= 0.6 is 11.6 Å². The van der Waals surface area contributed by atoms with Crippen LogP contribution in [0.5, 0.6) is 0 Å². The molecular weight excluding hydrogens is 401 g/mol. The van der Waals surface area contributed by atoms with Crippen molar-refractivity contribution in [2.24, 2.45) is 11.8 Å². The van der Waals surface area contributed by atoms with Crippen molar-refractivity contribution in [1.82, 2.24) is 19.5 Å². The van der Waals surface area contributed by atoms with E-state index in [1.165, 1.54) is 44.1 Å². The average Bonchev–Trinajstić information content (AvgIpc) is 3.59. The number of rotatable bonds is 5. The van der Waals surface area contributed by atoms with Gasteiger partial charge < -0.3 is 4.57 Å². The molecular formula is C21H20ClF3N4. The number of hydrogen-bond donors (Lipinski definition) is 0. The SMILES string of the molecule is CCc1nc2c(-c3ccc(Cl)cc3C(F)(F)F)ncnc2n1C(C1CC1)C1CC1. The van der Waals surface area contributed by atoms with Crippen LogP contribution in [0.1, 0.15) is 50.0 Å². The van der Waals surface area contributed by atoms with E-state index in [9.17, 15) is 13.2 Å². The summed E-state index contributed by atoms with van der Waals surface area (Å²) < 4.78 is 43.3. The van der Waals surface area contributed by atoms with Gasteiger partial charge in [0.05, 0.1) is 5.56 Å². The van der Waals surface area contributed by atoms with E-state index >= 15 is 0 Å². The molecule has 4 nitrogen and oxygen atoms in total. The maximum absolute atomic E-state index is 13.7. The predicted molar refractivity (Wildman–Crippen MR) is 105 cm³/mol. The first-order valence-electron chi connectivity index (χ1n) is 9.97. The van der Waals surface area contributed by atoms with E-state index in [0.29, 0.717) is 35.5 Å². The molecule has 2 aliphatic rings. The summed E-state index contributed by atoms with van der Waals surface area (Å²) in [6, 6.07) is 4.11. The second-order valence-corrected chi connectivity index (χ2v) is 8.44. The van der Waals surface area contributed by atoms with Crippen molar-refractivity contribution in [1.29, 1.82) is 0 Å². The molecule has 2 fully saturated rings. The molecule has 2 heterocycles. The van der Waals surface area contributed by atoms with E-state index in [1.54, 1.807) is 0 Å². The molecule has 0 unspecified atom stereocenters. The van der Waals surface area contributed by atoms with Gasteiger partial charge in [-0.2, -0.15) is 13.2 Å². The summed E-state index contributed by atoms with van der Waals surface area (Å²) in [5.74, 6) is 2.10. The molecule has 2 aliphatic carbocycles. The minimum atomic E-state index is -4.54. The number of imidazole rings is 1. The van der Waals surface area contributed by atoms with Gasteiger partial charge in [-0.3, -0.25) is 0 Å². The average molecular weight is 421 g/mol. The normalized spacial score (nSPS) is 17.4. The zero-order valence-electron chi connectivity index (χ0n) is 15.9. The van der Waals surface area contributed by atoms with Crippen molar-refractivity contribution in [3.63, 3.8) is 0 Å². The number of fused-ring (bicyclic) bond motifs is 1. The van der Waals surface area contributed by atoms with Crippen molar-refractivity contribution in [2.75, 3.05) is 0 Å². The van der Waals surface area contributed by atoms with Crippen molar-refractivity contribution >= 4 is 22.8 Å². The monoisotopic (exact) mass is 420 g/mol. The largest absolute Gasteiger partial charge is 0.417 e. The van der Waals surface area contributed by atoms with Gasteiger partial charge in [0.25, 0.3) is 0 Å². The second-order valence-electron chi connectivity index (χ2n) is 8.00. The lowest BCUT2D eigenvalue weighted by Crippen LogP contribution is -2.16. The maximum atomic E-state index is 13.7. The van der Waals surface area contributed by atoms with Gasteiger partial charge in [0.15, 0.2) is 5.65 Å². The highest BCUT2D eigenvalue weighted by atomic mass is 35.5. The highest BCUT2D eigenvalue weighted by molar-refractivity contribution is 6.30. The molecule has 2 aromatic heterocycles. The van der Waals surface area contributed by atoms with Crippen molar-refractivity contribution in [3.05, 3.63) is 40.9 Å². The van der Waals surface area contributed by atoms with Crippen LogP contribution in [0.15, 0.2) is 24.5 Å². The minimum Gasteiger partial charge on any atom is -0.309 e. The Kier molecular flexibility index (Phi) is 4.35. The van der Waals surface area contributed by atoms with Gasteiger partial charge in [0.2, 0.25) is 0 Å². The van der Waals surface area contributed by atoms with Crippen LogP contribution in [0.4, 0.5) is 13.2 Å². The molecule has 152 valence electrons. The van der Waals surface area contributed by atoms with Gasteiger partial charge in [0, 0.05) is 23.0 Å². The number of halogens is 4. The Morgan fingerprint density at radius 3 is 2.41 bits per heavy atom. The van der Waals surface area contributed by atoms with E-state index < -0.39 is 11.7 Å². The Labute approximate surface area is 171 Å². The molecule has 0 aliphatic heterocycles. The predicted octanol–water partition coefficient (Wildman–Crippen LogP) is 6.09. The number of benzene rings is 1. The van der Waals surface area contributed by atoms with Crippen LogP contribution in [0.3, 0.4) is 0 Å². The summed E-state index contributed by atoms with van der Waals surface area (Å²) in [4.78, 5) is 13.4. The Balaban J connectivity index is 1.74. The summed E-state index contributed by atoms with van der Waals surface area (Å²) in [7, 11) is 0. The lowest BCUT2D eigenvalue weighted by atomic mass is 10.0. The Morgan fingerprint density at radius 2 is 1.83 bits per heavy atom. The van der Waals surface area contributed by atoms with Gasteiger partial charge in [0.1, 0.15) is 23.4 Å². The second kappa shape index (κ2) is 6.69.